The molecule has 1 heterocycles. The Morgan fingerprint density at radius 3 is 2.58 bits per heavy atom. The minimum Gasteiger partial charge on any atom is -0.480 e. The van der Waals surface area contributed by atoms with Crippen LogP contribution in [0.15, 0.2) is 6.07 Å². The van der Waals surface area contributed by atoms with E-state index < -0.39 is 17.9 Å². The van der Waals surface area contributed by atoms with Gasteiger partial charge in [0.05, 0.1) is 12.3 Å². The third kappa shape index (κ3) is 7.34. The van der Waals surface area contributed by atoms with Gasteiger partial charge < -0.3 is 26.2 Å². The molecule has 0 unspecified atom stereocenters. The van der Waals surface area contributed by atoms with Gasteiger partial charge in [0.15, 0.2) is 0 Å². The molecule has 5 N–H and O–H groups in total. The fraction of sp³-hybridized carbons (Fsp3) is 0.609. The quantitative estimate of drug-likeness (QED) is 0.391. The van der Waals surface area contributed by atoms with Crippen LogP contribution < -0.4 is 21.1 Å². The van der Waals surface area contributed by atoms with Crippen molar-refractivity contribution in [1.82, 2.24) is 15.6 Å². The van der Waals surface area contributed by atoms with Crippen molar-refractivity contribution in [3.8, 4) is 11.9 Å². The number of anilines is 1. The normalized spacial score (nSPS) is 18.6. The minimum absolute atomic E-state index is 0.0373. The Balaban J connectivity index is 1.86. The van der Waals surface area contributed by atoms with E-state index in [4.69, 9.17) is 10.5 Å². The lowest BCUT2D eigenvalue weighted by molar-refractivity contribution is -0.143. The van der Waals surface area contributed by atoms with Gasteiger partial charge in [0.2, 0.25) is 11.8 Å². The van der Waals surface area contributed by atoms with Crippen LogP contribution >= 0.6 is 0 Å². The fourth-order valence-corrected chi connectivity index (χ4v) is 3.92. The lowest BCUT2D eigenvalue weighted by Crippen LogP contribution is -2.44. The number of ether oxygens (including phenoxy) is 1. The molecule has 1 aromatic heterocycles. The topological polar surface area (TPSA) is 167 Å². The number of carboxylic acids is 1. The summed E-state index contributed by atoms with van der Waals surface area (Å²) in [6.45, 7) is 4.43. The van der Waals surface area contributed by atoms with E-state index >= 15 is 0 Å². The molecule has 180 valence electrons. The third-order valence-electron chi connectivity index (χ3n) is 5.87. The molecule has 1 aliphatic rings. The summed E-state index contributed by atoms with van der Waals surface area (Å²) >= 11 is 0. The summed E-state index contributed by atoms with van der Waals surface area (Å²) in [6.07, 6.45) is 4.82. The Morgan fingerprint density at radius 2 is 2.00 bits per heavy atom. The zero-order chi connectivity index (χ0) is 24.4. The molecule has 0 saturated heterocycles. The van der Waals surface area contributed by atoms with Crippen LogP contribution in [0.1, 0.15) is 74.8 Å². The SMILES string of the molecule is CCCC[C@H](NC(=O)C1CCC(CNC(=O)c2cc(N)c(C#N)c(OCC)n2)CC1)C(=O)O. The second kappa shape index (κ2) is 12.6. The first-order valence-corrected chi connectivity index (χ1v) is 11.4. The molecule has 1 saturated carbocycles. The van der Waals surface area contributed by atoms with E-state index in [9.17, 15) is 24.8 Å². The van der Waals surface area contributed by atoms with E-state index in [0.29, 0.717) is 25.8 Å². The average Bonchev–Trinajstić information content (AvgIpc) is 2.80. The number of aliphatic carboxylic acids is 1. The number of aromatic nitrogens is 1. The number of carbonyl (C=O) groups is 3. The Hall–Kier alpha value is -3.35. The van der Waals surface area contributed by atoms with Crippen LogP contribution in [0.2, 0.25) is 0 Å². The fourth-order valence-electron chi connectivity index (χ4n) is 3.92. The predicted molar refractivity (Wildman–Crippen MR) is 121 cm³/mol. The summed E-state index contributed by atoms with van der Waals surface area (Å²) in [6, 6.07) is 2.44. The van der Waals surface area contributed by atoms with Gasteiger partial charge in [-0.15, -0.1) is 0 Å². The van der Waals surface area contributed by atoms with Crippen molar-refractivity contribution in [1.29, 1.82) is 5.26 Å². The predicted octanol–water partition coefficient (Wildman–Crippen LogP) is 2.23. The number of carboxylic acid groups (broad SMARTS) is 1. The number of nitrogens with two attached hydrogens (primary N) is 1. The number of carbonyl (C=O) groups excluding carboxylic acids is 2. The van der Waals surface area contributed by atoms with Crippen LogP contribution in [-0.4, -0.2) is 47.1 Å². The number of unbranched alkanes of at least 4 members (excludes halogenated alkanes) is 1. The first kappa shape index (κ1) is 25.9. The molecule has 10 heteroatoms. The van der Waals surface area contributed by atoms with E-state index in [1.54, 1.807) is 6.92 Å². The molecule has 1 aliphatic carbocycles. The first-order valence-electron chi connectivity index (χ1n) is 11.4. The molecule has 0 radical (unpaired) electrons. The molecule has 33 heavy (non-hydrogen) atoms. The summed E-state index contributed by atoms with van der Waals surface area (Å²) in [4.78, 5) is 40.5. The number of rotatable bonds is 11. The van der Waals surface area contributed by atoms with Gasteiger partial charge in [-0.1, -0.05) is 19.8 Å². The van der Waals surface area contributed by atoms with Crippen molar-refractivity contribution < 1.29 is 24.2 Å². The highest BCUT2D eigenvalue weighted by Gasteiger charge is 2.29. The summed E-state index contributed by atoms with van der Waals surface area (Å²) in [5.74, 6) is -1.59. The van der Waals surface area contributed by atoms with E-state index in [1.807, 2.05) is 13.0 Å². The van der Waals surface area contributed by atoms with Gasteiger partial charge in [-0.05, 0) is 51.0 Å². The van der Waals surface area contributed by atoms with Gasteiger partial charge in [0.25, 0.3) is 5.91 Å². The zero-order valence-electron chi connectivity index (χ0n) is 19.2. The van der Waals surface area contributed by atoms with Crippen molar-refractivity contribution in [2.24, 2.45) is 11.8 Å². The molecule has 0 aromatic carbocycles. The standard InChI is InChI=1S/C23H33N5O5/c1-3-5-6-18(23(31)32)27-20(29)15-9-7-14(8-10-15)13-26-21(30)19-11-17(25)16(12-24)22(28-19)33-4-2/h11,14-15,18H,3-10,13H2,1-2H3,(H2,25,28)(H,26,30)(H,27,29)(H,31,32)/t14?,15?,18-/m0/s1. The van der Waals surface area contributed by atoms with E-state index in [0.717, 1.165) is 25.7 Å². The van der Waals surface area contributed by atoms with Crippen molar-refractivity contribution in [3.05, 3.63) is 17.3 Å². The molecule has 1 fully saturated rings. The smallest absolute Gasteiger partial charge is 0.326 e. The highest BCUT2D eigenvalue weighted by molar-refractivity contribution is 5.93. The van der Waals surface area contributed by atoms with Crippen LogP contribution in [-0.2, 0) is 9.59 Å². The molecular weight excluding hydrogens is 426 g/mol. The van der Waals surface area contributed by atoms with Gasteiger partial charge in [-0.3, -0.25) is 9.59 Å². The van der Waals surface area contributed by atoms with E-state index in [1.165, 1.54) is 6.07 Å². The maximum atomic E-state index is 12.6. The lowest BCUT2D eigenvalue weighted by atomic mass is 9.81. The molecular formula is C23H33N5O5. The van der Waals surface area contributed by atoms with Gasteiger partial charge in [-0.2, -0.15) is 5.26 Å². The average molecular weight is 460 g/mol. The number of nitrogens with zero attached hydrogens (tertiary/aromatic N) is 2. The zero-order valence-corrected chi connectivity index (χ0v) is 19.2. The van der Waals surface area contributed by atoms with Crippen molar-refractivity contribution in [2.45, 2.75) is 64.8 Å². The molecule has 1 atom stereocenters. The van der Waals surface area contributed by atoms with Gasteiger partial charge in [-0.25, -0.2) is 9.78 Å². The third-order valence-corrected chi connectivity index (χ3v) is 5.87. The summed E-state index contributed by atoms with van der Waals surface area (Å²) in [5.41, 5.74) is 6.18. The first-order chi connectivity index (χ1) is 15.8. The molecule has 0 bridgehead atoms. The molecule has 0 spiro atoms. The number of amides is 2. The second-order valence-electron chi connectivity index (χ2n) is 8.29. The number of nitrogens with one attached hydrogen (secondary N) is 2. The molecule has 2 rings (SSSR count). The van der Waals surface area contributed by atoms with Crippen LogP contribution in [0.3, 0.4) is 0 Å². The summed E-state index contributed by atoms with van der Waals surface area (Å²) in [7, 11) is 0. The van der Waals surface area contributed by atoms with Crippen molar-refractivity contribution >= 4 is 23.5 Å². The molecule has 0 aliphatic heterocycles. The van der Waals surface area contributed by atoms with Crippen molar-refractivity contribution in [2.75, 3.05) is 18.9 Å². The Labute approximate surface area is 193 Å². The highest BCUT2D eigenvalue weighted by Crippen LogP contribution is 2.29. The minimum atomic E-state index is -1.00. The molecule has 10 nitrogen and oxygen atoms in total. The Bertz CT molecular complexity index is 890. The largest absolute Gasteiger partial charge is 0.480 e. The van der Waals surface area contributed by atoms with E-state index in [2.05, 4.69) is 15.6 Å². The van der Waals surface area contributed by atoms with Crippen molar-refractivity contribution in [3.63, 3.8) is 0 Å². The lowest BCUT2D eigenvalue weighted by Gasteiger charge is -2.28. The number of pyridine rings is 1. The van der Waals surface area contributed by atoms with Gasteiger partial charge in [0.1, 0.15) is 23.4 Å². The molecule has 1 aromatic rings. The number of hydrogen-bond donors (Lipinski definition) is 4. The maximum absolute atomic E-state index is 12.6. The van der Waals surface area contributed by atoms with Crippen LogP contribution in [0, 0.1) is 23.2 Å². The van der Waals surface area contributed by atoms with Gasteiger partial charge in [0, 0.05) is 12.5 Å². The number of nitrogen functional groups attached to an aromatic ring is 1. The monoisotopic (exact) mass is 459 g/mol. The maximum Gasteiger partial charge on any atom is 0.326 e. The van der Waals surface area contributed by atoms with Gasteiger partial charge >= 0.3 is 5.97 Å². The van der Waals surface area contributed by atoms with E-state index in [-0.39, 0.29) is 47.2 Å². The summed E-state index contributed by atoms with van der Waals surface area (Å²) in [5, 5.41) is 24.0. The van der Waals surface area contributed by atoms with Crippen LogP contribution in [0.4, 0.5) is 5.69 Å². The highest BCUT2D eigenvalue weighted by atomic mass is 16.5. The Morgan fingerprint density at radius 1 is 1.30 bits per heavy atom. The number of nitriles is 1. The number of hydrogen-bond acceptors (Lipinski definition) is 7. The van der Waals surface area contributed by atoms with Crippen LogP contribution in [0.5, 0.6) is 5.88 Å². The molecule has 2 amide bonds. The second-order valence-corrected chi connectivity index (χ2v) is 8.29. The summed E-state index contributed by atoms with van der Waals surface area (Å²) < 4.78 is 5.32. The Kier molecular flexibility index (Phi) is 9.91. The van der Waals surface area contributed by atoms with Crippen LogP contribution in [0.25, 0.3) is 0 Å².